The van der Waals surface area contributed by atoms with Crippen LogP contribution in [0.2, 0.25) is 0 Å². The van der Waals surface area contributed by atoms with Gasteiger partial charge in [-0.15, -0.1) is 0 Å². The molecule has 0 spiro atoms. The Morgan fingerprint density at radius 1 is 1.41 bits per heavy atom. The first-order chi connectivity index (χ1) is 8.27. The summed E-state index contributed by atoms with van der Waals surface area (Å²) in [6.45, 7) is 4.66. The molecule has 1 saturated heterocycles. The van der Waals surface area contributed by atoms with E-state index < -0.39 is 5.54 Å². The molecule has 0 aromatic carbocycles. The Bertz CT molecular complexity index is 255. The first-order valence-electron chi connectivity index (χ1n) is 6.77. The molecule has 98 valence electrons. The second-order valence-electron chi connectivity index (χ2n) is 5.09. The number of nitrogens with one attached hydrogen (secondary N) is 1. The minimum absolute atomic E-state index is 0.0915. The van der Waals surface area contributed by atoms with Crippen molar-refractivity contribution >= 4 is 5.97 Å². The Kier molecular flexibility index (Phi) is 4.40. The molecule has 1 aliphatic heterocycles. The molecule has 1 N–H and O–H groups in total. The zero-order chi connectivity index (χ0) is 12.1. The van der Waals surface area contributed by atoms with Crippen LogP contribution in [0.15, 0.2) is 0 Å². The Morgan fingerprint density at radius 3 is 2.94 bits per heavy atom. The van der Waals surface area contributed by atoms with Gasteiger partial charge >= 0.3 is 5.97 Å². The Hall–Kier alpha value is -0.610. The number of carbonyl (C=O) groups is 1. The topological polar surface area (TPSA) is 47.6 Å². The highest BCUT2D eigenvalue weighted by molar-refractivity contribution is 5.81. The number of hydrogen-bond acceptors (Lipinski definition) is 4. The third kappa shape index (κ3) is 3.42. The van der Waals surface area contributed by atoms with Gasteiger partial charge in [0.1, 0.15) is 5.54 Å². The smallest absolute Gasteiger partial charge is 0.326 e. The van der Waals surface area contributed by atoms with E-state index in [1.807, 2.05) is 6.92 Å². The molecule has 4 heteroatoms. The SMILES string of the molecule is CCOC(=O)C1(NCC2CC2)CCCOCC1. The van der Waals surface area contributed by atoms with Crippen molar-refractivity contribution < 1.29 is 14.3 Å². The molecule has 1 saturated carbocycles. The third-order valence-corrected chi connectivity index (χ3v) is 3.66. The first kappa shape index (κ1) is 12.8. The fourth-order valence-corrected chi connectivity index (χ4v) is 2.33. The van der Waals surface area contributed by atoms with Crippen LogP contribution in [0.4, 0.5) is 0 Å². The van der Waals surface area contributed by atoms with Crippen LogP contribution in [0.25, 0.3) is 0 Å². The molecule has 2 rings (SSSR count). The maximum Gasteiger partial charge on any atom is 0.326 e. The van der Waals surface area contributed by atoms with E-state index in [9.17, 15) is 4.79 Å². The molecule has 0 bridgehead atoms. The lowest BCUT2D eigenvalue weighted by atomic mass is 9.90. The monoisotopic (exact) mass is 241 g/mol. The van der Waals surface area contributed by atoms with Crippen molar-refractivity contribution in [3.8, 4) is 0 Å². The zero-order valence-corrected chi connectivity index (χ0v) is 10.7. The van der Waals surface area contributed by atoms with Crippen molar-refractivity contribution in [1.29, 1.82) is 0 Å². The predicted molar refractivity (Wildman–Crippen MR) is 64.8 cm³/mol. The van der Waals surface area contributed by atoms with Gasteiger partial charge in [-0.3, -0.25) is 4.79 Å². The van der Waals surface area contributed by atoms with Gasteiger partial charge in [-0.25, -0.2) is 0 Å². The molecule has 4 nitrogen and oxygen atoms in total. The second-order valence-corrected chi connectivity index (χ2v) is 5.09. The molecule has 0 amide bonds. The fraction of sp³-hybridized carbons (Fsp3) is 0.923. The lowest BCUT2D eigenvalue weighted by Gasteiger charge is -2.31. The minimum atomic E-state index is -0.491. The molecule has 1 aliphatic carbocycles. The minimum Gasteiger partial charge on any atom is -0.465 e. The van der Waals surface area contributed by atoms with Crippen molar-refractivity contribution in [3.63, 3.8) is 0 Å². The van der Waals surface area contributed by atoms with Crippen molar-refractivity contribution in [2.75, 3.05) is 26.4 Å². The molecule has 2 fully saturated rings. The van der Waals surface area contributed by atoms with E-state index in [-0.39, 0.29) is 5.97 Å². The van der Waals surface area contributed by atoms with E-state index in [4.69, 9.17) is 9.47 Å². The van der Waals surface area contributed by atoms with Crippen LogP contribution < -0.4 is 5.32 Å². The summed E-state index contributed by atoms with van der Waals surface area (Å²) < 4.78 is 10.7. The van der Waals surface area contributed by atoms with Crippen LogP contribution >= 0.6 is 0 Å². The average Bonchev–Trinajstić information content (AvgIpc) is 3.15. The van der Waals surface area contributed by atoms with Gasteiger partial charge in [0.05, 0.1) is 6.61 Å². The largest absolute Gasteiger partial charge is 0.465 e. The van der Waals surface area contributed by atoms with Gasteiger partial charge in [0.2, 0.25) is 0 Å². The van der Waals surface area contributed by atoms with Crippen molar-refractivity contribution in [1.82, 2.24) is 5.32 Å². The van der Waals surface area contributed by atoms with Crippen LogP contribution in [0.1, 0.15) is 39.0 Å². The number of rotatable bonds is 5. The van der Waals surface area contributed by atoms with E-state index in [1.54, 1.807) is 0 Å². The quantitative estimate of drug-likeness (QED) is 0.741. The molecule has 0 radical (unpaired) electrons. The zero-order valence-electron chi connectivity index (χ0n) is 10.7. The third-order valence-electron chi connectivity index (χ3n) is 3.66. The fourth-order valence-electron chi connectivity index (χ4n) is 2.33. The number of esters is 1. The van der Waals surface area contributed by atoms with Gasteiger partial charge in [0.15, 0.2) is 0 Å². The van der Waals surface area contributed by atoms with E-state index in [0.717, 1.165) is 38.3 Å². The highest BCUT2D eigenvalue weighted by Gasteiger charge is 2.41. The molecule has 1 heterocycles. The van der Waals surface area contributed by atoms with Crippen LogP contribution in [-0.2, 0) is 14.3 Å². The molecular weight excluding hydrogens is 218 g/mol. The van der Waals surface area contributed by atoms with Crippen molar-refractivity contribution in [2.45, 2.75) is 44.6 Å². The first-order valence-corrected chi connectivity index (χ1v) is 6.77. The number of ether oxygens (including phenoxy) is 2. The number of hydrogen-bond donors (Lipinski definition) is 1. The predicted octanol–water partition coefficient (Wildman–Crippen LogP) is 1.49. The average molecular weight is 241 g/mol. The summed E-state index contributed by atoms with van der Waals surface area (Å²) in [7, 11) is 0. The Morgan fingerprint density at radius 2 is 2.24 bits per heavy atom. The molecule has 17 heavy (non-hydrogen) atoms. The second kappa shape index (κ2) is 5.83. The summed E-state index contributed by atoms with van der Waals surface area (Å²) in [5.41, 5.74) is -0.491. The van der Waals surface area contributed by atoms with Gasteiger partial charge < -0.3 is 14.8 Å². The molecule has 1 unspecified atom stereocenters. The van der Waals surface area contributed by atoms with E-state index >= 15 is 0 Å². The van der Waals surface area contributed by atoms with Gasteiger partial charge in [-0.2, -0.15) is 0 Å². The lowest BCUT2D eigenvalue weighted by Crippen LogP contribution is -2.53. The molecular formula is C13H23NO3. The van der Waals surface area contributed by atoms with Crippen LogP contribution in [0, 0.1) is 5.92 Å². The Labute approximate surface area is 103 Å². The maximum absolute atomic E-state index is 12.2. The van der Waals surface area contributed by atoms with E-state index in [1.165, 1.54) is 12.8 Å². The Balaban J connectivity index is 1.98. The van der Waals surface area contributed by atoms with Gasteiger partial charge in [0, 0.05) is 13.2 Å². The lowest BCUT2D eigenvalue weighted by molar-refractivity contribution is -0.152. The maximum atomic E-state index is 12.2. The van der Waals surface area contributed by atoms with Crippen LogP contribution in [-0.4, -0.2) is 37.9 Å². The molecule has 0 aromatic heterocycles. The van der Waals surface area contributed by atoms with Crippen molar-refractivity contribution in [2.24, 2.45) is 5.92 Å². The number of carbonyl (C=O) groups excluding carboxylic acids is 1. The summed E-state index contributed by atoms with van der Waals surface area (Å²) >= 11 is 0. The van der Waals surface area contributed by atoms with Gasteiger partial charge in [-0.05, 0) is 51.5 Å². The summed E-state index contributed by atoms with van der Waals surface area (Å²) in [6.07, 6.45) is 5.08. The van der Waals surface area contributed by atoms with Crippen LogP contribution in [0.5, 0.6) is 0 Å². The standard InChI is InChI=1S/C13H23NO3/c1-2-17-12(15)13(14-10-11-4-5-11)6-3-8-16-9-7-13/h11,14H,2-10H2,1H3. The highest BCUT2D eigenvalue weighted by atomic mass is 16.5. The molecule has 0 aromatic rings. The van der Waals surface area contributed by atoms with Gasteiger partial charge in [-0.1, -0.05) is 0 Å². The summed E-state index contributed by atoms with van der Waals surface area (Å²) in [6, 6.07) is 0. The summed E-state index contributed by atoms with van der Waals surface area (Å²) in [5, 5.41) is 3.47. The molecule has 2 aliphatic rings. The summed E-state index contributed by atoms with van der Waals surface area (Å²) in [4.78, 5) is 12.2. The van der Waals surface area contributed by atoms with Crippen LogP contribution in [0.3, 0.4) is 0 Å². The highest BCUT2D eigenvalue weighted by Crippen LogP contribution is 2.30. The normalized spacial score (nSPS) is 29.7. The molecule has 1 atom stereocenters. The van der Waals surface area contributed by atoms with Crippen molar-refractivity contribution in [3.05, 3.63) is 0 Å². The van der Waals surface area contributed by atoms with E-state index in [2.05, 4.69) is 5.32 Å². The van der Waals surface area contributed by atoms with E-state index in [0.29, 0.717) is 13.2 Å². The summed E-state index contributed by atoms with van der Waals surface area (Å²) in [5.74, 6) is 0.677. The van der Waals surface area contributed by atoms with Gasteiger partial charge in [0.25, 0.3) is 0 Å².